The van der Waals surface area contributed by atoms with Gasteiger partial charge in [-0.1, -0.05) is 31.1 Å². The molecular formula is C28H43F2N5O5S. The summed E-state index contributed by atoms with van der Waals surface area (Å²) in [6.07, 6.45) is 3.73. The van der Waals surface area contributed by atoms with E-state index in [4.69, 9.17) is 9.47 Å². The van der Waals surface area contributed by atoms with Gasteiger partial charge in [0.15, 0.2) is 5.13 Å². The summed E-state index contributed by atoms with van der Waals surface area (Å²) in [5.74, 6) is -3.17. The molecule has 41 heavy (non-hydrogen) atoms. The Morgan fingerprint density at radius 3 is 2.56 bits per heavy atom. The van der Waals surface area contributed by atoms with Crippen LogP contribution in [-0.2, 0) is 19.1 Å². The predicted octanol–water partition coefficient (Wildman–Crippen LogP) is 4.43. The molecule has 0 bridgehead atoms. The summed E-state index contributed by atoms with van der Waals surface area (Å²) in [6.45, 7) is 9.52. The smallest absolute Gasteiger partial charge is 0.408 e. The second kappa shape index (κ2) is 13.3. The van der Waals surface area contributed by atoms with Crippen molar-refractivity contribution in [2.24, 2.45) is 11.8 Å². The number of aromatic nitrogens is 1. The van der Waals surface area contributed by atoms with Crippen molar-refractivity contribution in [3.05, 3.63) is 11.1 Å². The van der Waals surface area contributed by atoms with Crippen molar-refractivity contribution < 1.29 is 32.6 Å². The Bertz CT molecular complexity index is 1070. The van der Waals surface area contributed by atoms with Crippen LogP contribution in [0.2, 0.25) is 0 Å². The minimum atomic E-state index is -2.96. The first kappa shape index (κ1) is 31.6. The molecule has 230 valence electrons. The highest BCUT2D eigenvalue weighted by atomic mass is 32.1. The first-order valence-corrected chi connectivity index (χ1v) is 15.3. The number of carbonyl (C=O) groups is 3. The molecule has 4 rings (SSSR count). The number of alkyl halides is 2. The van der Waals surface area contributed by atoms with Crippen LogP contribution in [-0.4, -0.2) is 89.6 Å². The number of anilines is 1. The standard InChI is InChI=1S/C28H43F2N5O5S/c1-18-5-7-19(8-6-18)23(32-26(38)40-27(2,3)4)24(37)33-25-31-15-21(41-25)20(16-34-11-13-39-14-12-34)35-17-28(29,30)10-9-22(35)36/h15,18-20,23H,5-14,16-17H2,1-4H3,(H,32,38)(H,31,33,37)/t18?,19?,20?,23-/m0/s1. The second-order valence-electron chi connectivity index (χ2n) is 12.5. The number of hydrogen-bond donors (Lipinski definition) is 2. The third-order valence-corrected chi connectivity index (χ3v) is 8.92. The lowest BCUT2D eigenvalue weighted by molar-refractivity contribution is -0.152. The van der Waals surface area contributed by atoms with Crippen LogP contribution >= 0.6 is 11.3 Å². The number of ether oxygens (including phenoxy) is 2. The highest BCUT2D eigenvalue weighted by Gasteiger charge is 2.43. The van der Waals surface area contributed by atoms with Crippen molar-refractivity contribution in [2.45, 2.75) is 89.8 Å². The molecule has 3 aliphatic rings. The largest absolute Gasteiger partial charge is 0.444 e. The van der Waals surface area contributed by atoms with Gasteiger partial charge >= 0.3 is 6.09 Å². The van der Waals surface area contributed by atoms with E-state index in [2.05, 4.69) is 27.4 Å². The maximum absolute atomic E-state index is 14.4. The van der Waals surface area contributed by atoms with E-state index in [0.29, 0.717) is 43.6 Å². The molecule has 13 heteroatoms. The Kier molecular flexibility index (Phi) is 10.2. The summed E-state index contributed by atoms with van der Waals surface area (Å²) in [5, 5.41) is 5.90. The number of alkyl carbamates (subject to hydrolysis) is 1. The maximum Gasteiger partial charge on any atom is 0.408 e. The second-order valence-corrected chi connectivity index (χ2v) is 13.6. The van der Waals surface area contributed by atoms with Crippen LogP contribution in [0.25, 0.3) is 0 Å². The molecule has 2 atom stereocenters. The molecule has 0 aromatic carbocycles. The third-order valence-electron chi connectivity index (χ3n) is 7.91. The summed E-state index contributed by atoms with van der Waals surface area (Å²) in [6, 6.07) is -1.44. The zero-order valence-electron chi connectivity index (χ0n) is 24.4. The number of hydrogen-bond acceptors (Lipinski definition) is 8. The molecule has 10 nitrogen and oxygen atoms in total. The molecule has 1 aromatic heterocycles. The normalized spacial score (nSPS) is 25.3. The van der Waals surface area contributed by atoms with E-state index in [1.165, 1.54) is 4.90 Å². The fourth-order valence-electron chi connectivity index (χ4n) is 5.64. The number of nitrogens with one attached hydrogen (secondary N) is 2. The van der Waals surface area contributed by atoms with Crippen molar-refractivity contribution in [1.82, 2.24) is 20.1 Å². The number of rotatable bonds is 8. The van der Waals surface area contributed by atoms with Gasteiger partial charge in [-0.3, -0.25) is 14.5 Å². The molecule has 0 spiro atoms. The number of nitrogens with zero attached hydrogens (tertiary/aromatic N) is 3. The molecule has 3 heterocycles. The molecule has 1 aliphatic carbocycles. The lowest BCUT2D eigenvalue weighted by atomic mass is 9.79. The van der Waals surface area contributed by atoms with Gasteiger partial charge in [0.2, 0.25) is 11.8 Å². The predicted molar refractivity (Wildman–Crippen MR) is 151 cm³/mol. The molecule has 0 radical (unpaired) electrons. The van der Waals surface area contributed by atoms with Gasteiger partial charge in [0.1, 0.15) is 11.6 Å². The number of piperidine rings is 1. The molecule has 2 N–H and O–H groups in total. The molecule has 1 unspecified atom stereocenters. The monoisotopic (exact) mass is 599 g/mol. The summed E-state index contributed by atoms with van der Waals surface area (Å²) in [5.41, 5.74) is -0.714. The Balaban J connectivity index is 1.51. The van der Waals surface area contributed by atoms with Crippen molar-refractivity contribution in [3.8, 4) is 0 Å². The Labute approximate surface area is 244 Å². The molecule has 3 amide bonds. The van der Waals surface area contributed by atoms with Gasteiger partial charge in [0.25, 0.3) is 5.92 Å². The minimum Gasteiger partial charge on any atom is -0.444 e. The SMILES string of the molecule is CC1CCC([C@H](NC(=O)OC(C)(C)C)C(=O)Nc2ncc(C(CN3CCOCC3)N3CC(F)(F)CCC3=O)s2)CC1. The minimum absolute atomic E-state index is 0.0552. The summed E-state index contributed by atoms with van der Waals surface area (Å²) in [4.78, 5) is 47.3. The molecule has 3 fully saturated rings. The number of halogens is 2. The fourth-order valence-corrected chi connectivity index (χ4v) is 6.56. The van der Waals surface area contributed by atoms with Crippen molar-refractivity contribution in [2.75, 3.05) is 44.7 Å². The number of likely N-dealkylation sites (tertiary alicyclic amines) is 1. The van der Waals surface area contributed by atoms with E-state index in [1.807, 2.05) is 0 Å². The van der Waals surface area contributed by atoms with E-state index < -0.39 is 48.6 Å². The van der Waals surface area contributed by atoms with Crippen LogP contribution in [0.1, 0.15) is 77.1 Å². The number of morpholine rings is 1. The number of thiazole rings is 1. The van der Waals surface area contributed by atoms with Gasteiger partial charge in [-0.2, -0.15) is 0 Å². The van der Waals surface area contributed by atoms with Gasteiger partial charge in [0, 0.05) is 38.7 Å². The highest BCUT2D eigenvalue weighted by molar-refractivity contribution is 7.15. The maximum atomic E-state index is 14.4. The number of amides is 3. The Hall–Kier alpha value is -2.38. The van der Waals surface area contributed by atoms with E-state index in [-0.39, 0.29) is 23.4 Å². The van der Waals surface area contributed by atoms with Crippen LogP contribution < -0.4 is 10.6 Å². The van der Waals surface area contributed by atoms with Crippen LogP contribution in [0.4, 0.5) is 18.7 Å². The molecule has 2 aliphatic heterocycles. The van der Waals surface area contributed by atoms with Gasteiger partial charge in [0.05, 0.1) is 30.7 Å². The van der Waals surface area contributed by atoms with Gasteiger partial charge in [-0.05, 0) is 45.4 Å². The van der Waals surface area contributed by atoms with Crippen LogP contribution in [0, 0.1) is 11.8 Å². The van der Waals surface area contributed by atoms with Crippen LogP contribution in [0.5, 0.6) is 0 Å². The topological polar surface area (TPSA) is 113 Å². The number of carbonyl (C=O) groups excluding carboxylic acids is 3. The van der Waals surface area contributed by atoms with Gasteiger partial charge < -0.3 is 25.0 Å². The average molecular weight is 600 g/mol. The Morgan fingerprint density at radius 2 is 1.90 bits per heavy atom. The quantitative estimate of drug-likeness (QED) is 0.455. The third kappa shape index (κ3) is 9.05. The molecule has 2 saturated heterocycles. The van der Waals surface area contributed by atoms with Crippen molar-refractivity contribution in [1.29, 1.82) is 0 Å². The summed E-state index contributed by atoms with van der Waals surface area (Å²) in [7, 11) is 0. The lowest BCUT2D eigenvalue weighted by Gasteiger charge is -2.40. The summed E-state index contributed by atoms with van der Waals surface area (Å²) < 4.78 is 39.7. The zero-order chi connectivity index (χ0) is 29.8. The fraction of sp³-hybridized carbons (Fsp3) is 0.786. The van der Waals surface area contributed by atoms with E-state index in [9.17, 15) is 23.2 Å². The Morgan fingerprint density at radius 1 is 1.22 bits per heavy atom. The van der Waals surface area contributed by atoms with Crippen molar-refractivity contribution in [3.63, 3.8) is 0 Å². The lowest BCUT2D eigenvalue weighted by Crippen LogP contribution is -2.51. The van der Waals surface area contributed by atoms with E-state index >= 15 is 0 Å². The molecule has 1 saturated carbocycles. The van der Waals surface area contributed by atoms with E-state index in [1.54, 1.807) is 27.0 Å². The first-order valence-electron chi connectivity index (χ1n) is 14.5. The molecule has 1 aromatic rings. The average Bonchev–Trinajstić information content (AvgIpc) is 3.35. The van der Waals surface area contributed by atoms with Crippen molar-refractivity contribution >= 4 is 34.4 Å². The summed E-state index contributed by atoms with van der Waals surface area (Å²) >= 11 is 1.16. The van der Waals surface area contributed by atoms with E-state index in [0.717, 1.165) is 37.0 Å². The van der Waals surface area contributed by atoms with Gasteiger partial charge in [-0.15, -0.1) is 0 Å². The van der Waals surface area contributed by atoms with Crippen LogP contribution in [0.15, 0.2) is 6.20 Å². The van der Waals surface area contributed by atoms with Crippen LogP contribution in [0.3, 0.4) is 0 Å². The zero-order valence-corrected chi connectivity index (χ0v) is 25.2. The molecular weight excluding hydrogens is 556 g/mol. The highest BCUT2D eigenvalue weighted by Crippen LogP contribution is 2.37. The first-order chi connectivity index (χ1) is 19.3. The van der Waals surface area contributed by atoms with Gasteiger partial charge in [-0.25, -0.2) is 18.6 Å².